The molecule has 1 atom stereocenters. The maximum absolute atomic E-state index is 11.2. The lowest BCUT2D eigenvalue weighted by Gasteiger charge is -2.30. The molecule has 1 aliphatic rings. The second-order valence-electron chi connectivity index (χ2n) is 5.22. The number of carbonyl (C=O) groups is 1. The number of hydrogen-bond acceptors (Lipinski definition) is 3. The summed E-state index contributed by atoms with van der Waals surface area (Å²) in [4.78, 5) is 13.7. The summed E-state index contributed by atoms with van der Waals surface area (Å²) in [6.45, 7) is 6.72. The highest BCUT2D eigenvalue weighted by molar-refractivity contribution is 5.75. The van der Waals surface area contributed by atoms with Gasteiger partial charge in [0.2, 0.25) is 5.91 Å². The Balaban J connectivity index is 2.22. The molecule has 1 rings (SSSR count). The molecule has 0 aromatic carbocycles. The van der Waals surface area contributed by atoms with Crippen LogP contribution in [0.1, 0.15) is 45.4 Å². The first kappa shape index (κ1) is 15.4. The summed E-state index contributed by atoms with van der Waals surface area (Å²) in [5, 5.41) is 6.28. The molecule has 0 aromatic rings. The van der Waals surface area contributed by atoms with E-state index in [1.54, 1.807) is 7.05 Å². The Hall–Kier alpha value is -0.610. The summed E-state index contributed by atoms with van der Waals surface area (Å²) in [5.74, 6) is 0.155. The zero-order valence-electron chi connectivity index (χ0n) is 12.0. The van der Waals surface area contributed by atoms with E-state index < -0.39 is 0 Å². The smallest absolute Gasteiger partial charge is 0.219 e. The number of hydrogen-bond donors (Lipinski definition) is 2. The molecule has 1 saturated heterocycles. The average molecular weight is 255 g/mol. The van der Waals surface area contributed by atoms with Crippen LogP contribution in [0.5, 0.6) is 0 Å². The molecule has 0 aliphatic carbocycles. The van der Waals surface area contributed by atoms with E-state index in [9.17, 15) is 4.79 Å². The minimum atomic E-state index is 0.155. The normalized spacial score (nSPS) is 20.1. The number of amides is 1. The van der Waals surface area contributed by atoms with E-state index in [0.717, 1.165) is 26.1 Å². The molecule has 1 aliphatic heterocycles. The highest BCUT2D eigenvalue weighted by Gasteiger charge is 2.16. The van der Waals surface area contributed by atoms with E-state index in [-0.39, 0.29) is 5.91 Å². The van der Waals surface area contributed by atoms with Crippen LogP contribution in [-0.4, -0.2) is 50.1 Å². The largest absolute Gasteiger partial charge is 0.359 e. The number of rotatable bonds is 8. The summed E-state index contributed by atoms with van der Waals surface area (Å²) in [5.41, 5.74) is 0. The fourth-order valence-corrected chi connectivity index (χ4v) is 2.59. The SMILES string of the molecule is CCCN(CCCC(=O)NC)CC1CCCCN1. The Morgan fingerprint density at radius 1 is 1.39 bits per heavy atom. The van der Waals surface area contributed by atoms with Gasteiger partial charge < -0.3 is 15.5 Å². The van der Waals surface area contributed by atoms with Crippen molar-refractivity contribution in [3.63, 3.8) is 0 Å². The highest BCUT2D eigenvalue weighted by atomic mass is 16.1. The molecule has 106 valence electrons. The van der Waals surface area contributed by atoms with Gasteiger partial charge >= 0.3 is 0 Å². The zero-order chi connectivity index (χ0) is 13.2. The van der Waals surface area contributed by atoms with Gasteiger partial charge in [0.15, 0.2) is 0 Å². The quantitative estimate of drug-likeness (QED) is 0.688. The van der Waals surface area contributed by atoms with Crippen LogP contribution in [0.3, 0.4) is 0 Å². The van der Waals surface area contributed by atoms with Crippen LogP contribution < -0.4 is 10.6 Å². The van der Waals surface area contributed by atoms with E-state index in [4.69, 9.17) is 0 Å². The number of piperidine rings is 1. The minimum Gasteiger partial charge on any atom is -0.359 e. The lowest BCUT2D eigenvalue weighted by Crippen LogP contribution is -2.44. The fraction of sp³-hybridized carbons (Fsp3) is 0.929. The van der Waals surface area contributed by atoms with Crippen LogP contribution in [0.4, 0.5) is 0 Å². The van der Waals surface area contributed by atoms with Crippen LogP contribution in [0, 0.1) is 0 Å². The van der Waals surface area contributed by atoms with Gasteiger partial charge in [-0.25, -0.2) is 0 Å². The second-order valence-corrected chi connectivity index (χ2v) is 5.22. The maximum atomic E-state index is 11.2. The van der Waals surface area contributed by atoms with Crippen molar-refractivity contribution < 1.29 is 4.79 Å². The van der Waals surface area contributed by atoms with Crippen molar-refractivity contribution in [3.05, 3.63) is 0 Å². The molecule has 1 amide bonds. The Labute approximate surface area is 111 Å². The standard InChI is InChI=1S/C14H29N3O/c1-3-10-17(11-6-8-14(18)15-2)12-13-7-4-5-9-16-13/h13,16H,3-12H2,1-2H3,(H,15,18). The number of carbonyl (C=O) groups excluding carboxylic acids is 1. The molecule has 0 radical (unpaired) electrons. The van der Waals surface area contributed by atoms with Crippen molar-refractivity contribution in [1.82, 2.24) is 15.5 Å². The Morgan fingerprint density at radius 3 is 2.83 bits per heavy atom. The third kappa shape index (κ3) is 6.36. The third-order valence-corrected chi connectivity index (χ3v) is 3.59. The molecule has 1 heterocycles. The minimum absolute atomic E-state index is 0.155. The summed E-state index contributed by atoms with van der Waals surface area (Å²) in [7, 11) is 1.71. The Kier molecular flexibility index (Phi) is 8.01. The number of nitrogens with one attached hydrogen (secondary N) is 2. The van der Waals surface area contributed by atoms with E-state index in [0.29, 0.717) is 12.5 Å². The maximum Gasteiger partial charge on any atom is 0.219 e. The molecule has 1 fully saturated rings. The first-order valence-electron chi connectivity index (χ1n) is 7.42. The Bertz CT molecular complexity index is 227. The van der Waals surface area contributed by atoms with Crippen molar-refractivity contribution in [2.45, 2.75) is 51.5 Å². The molecule has 0 bridgehead atoms. The van der Waals surface area contributed by atoms with Gasteiger partial charge in [-0.2, -0.15) is 0 Å². The predicted octanol–water partition coefficient (Wildman–Crippen LogP) is 1.37. The first-order valence-corrected chi connectivity index (χ1v) is 7.42. The van der Waals surface area contributed by atoms with Gasteiger partial charge in [-0.3, -0.25) is 4.79 Å². The van der Waals surface area contributed by atoms with Crippen molar-refractivity contribution in [1.29, 1.82) is 0 Å². The molecule has 2 N–H and O–H groups in total. The molecular weight excluding hydrogens is 226 g/mol. The summed E-state index contributed by atoms with van der Waals surface area (Å²) < 4.78 is 0. The van der Waals surface area contributed by atoms with Crippen molar-refractivity contribution in [3.8, 4) is 0 Å². The lowest BCUT2D eigenvalue weighted by molar-refractivity contribution is -0.120. The molecule has 4 nitrogen and oxygen atoms in total. The monoisotopic (exact) mass is 255 g/mol. The van der Waals surface area contributed by atoms with Crippen LogP contribution in [-0.2, 0) is 4.79 Å². The molecule has 0 saturated carbocycles. The van der Waals surface area contributed by atoms with Gasteiger partial charge in [-0.05, 0) is 45.3 Å². The van der Waals surface area contributed by atoms with E-state index >= 15 is 0 Å². The van der Waals surface area contributed by atoms with Gasteiger partial charge in [-0.1, -0.05) is 13.3 Å². The van der Waals surface area contributed by atoms with E-state index in [1.165, 1.54) is 32.2 Å². The molecular formula is C14H29N3O. The van der Waals surface area contributed by atoms with Gasteiger partial charge in [0.1, 0.15) is 0 Å². The molecule has 1 unspecified atom stereocenters. The van der Waals surface area contributed by atoms with Crippen molar-refractivity contribution in [2.24, 2.45) is 0 Å². The summed E-state index contributed by atoms with van der Waals surface area (Å²) in [6, 6.07) is 0.658. The summed E-state index contributed by atoms with van der Waals surface area (Å²) in [6.07, 6.45) is 6.78. The zero-order valence-corrected chi connectivity index (χ0v) is 12.0. The van der Waals surface area contributed by atoms with Crippen molar-refractivity contribution in [2.75, 3.05) is 33.2 Å². The van der Waals surface area contributed by atoms with Crippen LogP contribution >= 0.6 is 0 Å². The van der Waals surface area contributed by atoms with Crippen LogP contribution in [0.15, 0.2) is 0 Å². The molecule has 18 heavy (non-hydrogen) atoms. The second kappa shape index (κ2) is 9.34. The van der Waals surface area contributed by atoms with Gasteiger partial charge in [0, 0.05) is 26.1 Å². The molecule has 4 heteroatoms. The Morgan fingerprint density at radius 2 is 2.22 bits per heavy atom. The lowest BCUT2D eigenvalue weighted by atomic mass is 10.0. The predicted molar refractivity (Wildman–Crippen MR) is 75.7 cm³/mol. The third-order valence-electron chi connectivity index (χ3n) is 3.59. The topological polar surface area (TPSA) is 44.4 Å². The van der Waals surface area contributed by atoms with Crippen LogP contribution in [0.25, 0.3) is 0 Å². The fourth-order valence-electron chi connectivity index (χ4n) is 2.59. The average Bonchev–Trinajstić information content (AvgIpc) is 2.40. The van der Waals surface area contributed by atoms with E-state index in [2.05, 4.69) is 22.5 Å². The summed E-state index contributed by atoms with van der Waals surface area (Å²) >= 11 is 0. The van der Waals surface area contributed by atoms with Gasteiger partial charge in [0.05, 0.1) is 0 Å². The molecule has 0 aromatic heterocycles. The first-order chi connectivity index (χ1) is 8.76. The molecule has 0 spiro atoms. The number of nitrogens with zero attached hydrogens (tertiary/aromatic N) is 1. The van der Waals surface area contributed by atoms with E-state index in [1.807, 2.05) is 0 Å². The van der Waals surface area contributed by atoms with Gasteiger partial charge in [-0.15, -0.1) is 0 Å². The van der Waals surface area contributed by atoms with Crippen LogP contribution in [0.2, 0.25) is 0 Å². The van der Waals surface area contributed by atoms with Gasteiger partial charge in [0.25, 0.3) is 0 Å². The van der Waals surface area contributed by atoms with Crippen molar-refractivity contribution >= 4 is 5.91 Å². The highest BCUT2D eigenvalue weighted by Crippen LogP contribution is 2.09.